The van der Waals surface area contributed by atoms with Crippen molar-refractivity contribution in [3.8, 4) is 0 Å². The molecule has 1 heterocycles. The van der Waals surface area contributed by atoms with Crippen molar-refractivity contribution < 1.29 is 4.74 Å². The molecule has 0 aromatic carbocycles. The third-order valence-electron chi connectivity index (χ3n) is 4.30. The maximum absolute atomic E-state index is 5.45. The SMILES string of the molecule is CCOCCCN1CC(C(C)CC)NCC1CC. The molecule has 0 aromatic rings. The van der Waals surface area contributed by atoms with Crippen molar-refractivity contribution in [2.75, 3.05) is 32.8 Å². The fourth-order valence-electron chi connectivity index (χ4n) is 2.74. The van der Waals surface area contributed by atoms with Crippen LogP contribution in [-0.4, -0.2) is 49.8 Å². The van der Waals surface area contributed by atoms with Crippen molar-refractivity contribution in [3.63, 3.8) is 0 Å². The van der Waals surface area contributed by atoms with Gasteiger partial charge in [0.05, 0.1) is 0 Å². The Labute approximate surface area is 113 Å². The van der Waals surface area contributed by atoms with Crippen molar-refractivity contribution in [1.82, 2.24) is 10.2 Å². The highest BCUT2D eigenvalue weighted by atomic mass is 16.5. The van der Waals surface area contributed by atoms with Gasteiger partial charge in [-0.05, 0) is 25.7 Å². The topological polar surface area (TPSA) is 24.5 Å². The van der Waals surface area contributed by atoms with Gasteiger partial charge in [0.1, 0.15) is 0 Å². The number of piperazine rings is 1. The lowest BCUT2D eigenvalue weighted by molar-refractivity contribution is 0.0842. The Hall–Kier alpha value is -0.120. The van der Waals surface area contributed by atoms with Gasteiger partial charge in [-0.15, -0.1) is 0 Å². The number of nitrogens with one attached hydrogen (secondary N) is 1. The van der Waals surface area contributed by atoms with E-state index in [1.54, 1.807) is 0 Å². The monoisotopic (exact) mass is 256 g/mol. The summed E-state index contributed by atoms with van der Waals surface area (Å²) in [6.07, 6.45) is 3.67. The molecular formula is C15H32N2O. The summed E-state index contributed by atoms with van der Waals surface area (Å²) >= 11 is 0. The largest absolute Gasteiger partial charge is 0.382 e. The summed E-state index contributed by atoms with van der Waals surface area (Å²) in [6.45, 7) is 14.3. The molecule has 3 heteroatoms. The van der Waals surface area contributed by atoms with Gasteiger partial charge in [0, 0.05) is 44.9 Å². The Bertz CT molecular complexity index is 211. The van der Waals surface area contributed by atoms with Gasteiger partial charge in [-0.3, -0.25) is 4.90 Å². The van der Waals surface area contributed by atoms with Crippen LogP contribution in [0.25, 0.3) is 0 Å². The van der Waals surface area contributed by atoms with E-state index in [0.717, 1.165) is 32.1 Å². The second kappa shape index (κ2) is 8.89. The highest BCUT2D eigenvalue weighted by molar-refractivity contribution is 4.87. The lowest BCUT2D eigenvalue weighted by Gasteiger charge is -2.42. The molecule has 3 nitrogen and oxygen atoms in total. The standard InChI is InChI=1S/C15H32N2O/c1-5-13(4)15-12-17(9-8-10-18-7-3)14(6-2)11-16-15/h13-16H,5-12H2,1-4H3. The maximum Gasteiger partial charge on any atom is 0.0478 e. The lowest BCUT2D eigenvalue weighted by Crippen LogP contribution is -2.58. The highest BCUT2D eigenvalue weighted by Gasteiger charge is 2.28. The molecule has 0 saturated carbocycles. The van der Waals surface area contributed by atoms with Crippen LogP contribution in [0.2, 0.25) is 0 Å². The van der Waals surface area contributed by atoms with Crippen LogP contribution in [0.3, 0.4) is 0 Å². The second-order valence-electron chi connectivity index (χ2n) is 5.51. The van der Waals surface area contributed by atoms with Gasteiger partial charge in [-0.2, -0.15) is 0 Å². The second-order valence-corrected chi connectivity index (χ2v) is 5.51. The molecule has 3 atom stereocenters. The van der Waals surface area contributed by atoms with E-state index in [0.29, 0.717) is 12.1 Å². The quantitative estimate of drug-likeness (QED) is 0.675. The van der Waals surface area contributed by atoms with E-state index in [2.05, 4.69) is 37.9 Å². The Morgan fingerprint density at radius 2 is 2.11 bits per heavy atom. The van der Waals surface area contributed by atoms with Crippen LogP contribution in [0.5, 0.6) is 0 Å². The van der Waals surface area contributed by atoms with E-state index >= 15 is 0 Å². The van der Waals surface area contributed by atoms with E-state index < -0.39 is 0 Å². The fourth-order valence-corrected chi connectivity index (χ4v) is 2.74. The summed E-state index contributed by atoms with van der Waals surface area (Å²) in [4.78, 5) is 2.67. The van der Waals surface area contributed by atoms with Gasteiger partial charge in [-0.1, -0.05) is 27.2 Å². The van der Waals surface area contributed by atoms with Crippen LogP contribution in [0.4, 0.5) is 0 Å². The van der Waals surface area contributed by atoms with Crippen LogP contribution in [0.1, 0.15) is 47.0 Å². The number of rotatable bonds is 8. The average Bonchev–Trinajstić information content (AvgIpc) is 2.42. The number of hydrogen-bond acceptors (Lipinski definition) is 3. The minimum atomic E-state index is 0.671. The minimum Gasteiger partial charge on any atom is -0.382 e. The molecule has 0 spiro atoms. The molecule has 1 aliphatic rings. The van der Waals surface area contributed by atoms with Gasteiger partial charge in [0.2, 0.25) is 0 Å². The molecule has 1 fully saturated rings. The Kier molecular flexibility index (Phi) is 7.87. The van der Waals surface area contributed by atoms with E-state index in [-0.39, 0.29) is 0 Å². The first-order chi connectivity index (χ1) is 8.72. The molecule has 0 amide bonds. The molecule has 1 aliphatic heterocycles. The van der Waals surface area contributed by atoms with Crippen molar-refractivity contribution in [2.45, 2.75) is 59.0 Å². The van der Waals surface area contributed by atoms with Gasteiger partial charge in [0.15, 0.2) is 0 Å². The predicted octanol–water partition coefficient (Wildman–Crippen LogP) is 2.51. The maximum atomic E-state index is 5.45. The molecule has 1 N–H and O–H groups in total. The summed E-state index contributed by atoms with van der Waals surface area (Å²) in [7, 11) is 0. The number of hydrogen-bond donors (Lipinski definition) is 1. The molecule has 1 rings (SSSR count). The zero-order valence-electron chi connectivity index (χ0n) is 12.7. The van der Waals surface area contributed by atoms with E-state index in [1.807, 2.05) is 0 Å². The molecule has 0 aliphatic carbocycles. The Morgan fingerprint density at radius 3 is 2.72 bits per heavy atom. The van der Waals surface area contributed by atoms with Crippen LogP contribution < -0.4 is 5.32 Å². The summed E-state index contributed by atoms with van der Waals surface area (Å²) in [5.74, 6) is 0.775. The van der Waals surface area contributed by atoms with Crippen LogP contribution in [-0.2, 0) is 4.74 Å². The van der Waals surface area contributed by atoms with E-state index in [9.17, 15) is 0 Å². The summed E-state index contributed by atoms with van der Waals surface area (Å²) < 4.78 is 5.45. The summed E-state index contributed by atoms with van der Waals surface area (Å²) in [5, 5.41) is 3.73. The Morgan fingerprint density at radius 1 is 1.33 bits per heavy atom. The van der Waals surface area contributed by atoms with Crippen molar-refractivity contribution in [2.24, 2.45) is 5.92 Å². The van der Waals surface area contributed by atoms with Crippen LogP contribution >= 0.6 is 0 Å². The van der Waals surface area contributed by atoms with Gasteiger partial charge in [0.25, 0.3) is 0 Å². The van der Waals surface area contributed by atoms with E-state index in [4.69, 9.17) is 4.74 Å². The van der Waals surface area contributed by atoms with Gasteiger partial charge in [-0.25, -0.2) is 0 Å². The van der Waals surface area contributed by atoms with Gasteiger partial charge < -0.3 is 10.1 Å². The first kappa shape index (κ1) is 15.9. The zero-order valence-corrected chi connectivity index (χ0v) is 12.7. The molecule has 18 heavy (non-hydrogen) atoms. The van der Waals surface area contributed by atoms with Gasteiger partial charge >= 0.3 is 0 Å². The Balaban J connectivity index is 2.38. The van der Waals surface area contributed by atoms with Crippen molar-refractivity contribution >= 4 is 0 Å². The molecule has 108 valence electrons. The molecule has 3 unspecified atom stereocenters. The van der Waals surface area contributed by atoms with Crippen molar-refractivity contribution in [3.05, 3.63) is 0 Å². The van der Waals surface area contributed by atoms with Crippen LogP contribution in [0.15, 0.2) is 0 Å². The third kappa shape index (κ3) is 4.87. The number of nitrogens with zero attached hydrogens (tertiary/aromatic N) is 1. The van der Waals surface area contributed by atoms with Crippen molar-refractivity contribution in [1.29, 1.82) is 0 Å². The molecule has 0 aromatic heterocycles. The third-order valence-corrected chi connectivity index (χ3v) is 4.30. The first-order valence-electron chi connectivity index (χ1n) is 7.78. The van der Waals surface area contributed by atoms with Crippen LogP contribution in [0, 0.1) is 5.92 Å². The predicted molar refractivity (Wildman–Crippen MR) is 78.0 cm³/mol. The summed E-state index contributed by atoms with van der Waals surface area (Å²) in [5.41, 5.74) is 0. The average molecular weight is 256 g/mol. The molecule has 0 bridgehead atoms. The smallest absolute Gasteiger partial charge is 0.0478 e. The van der Waals surface area contributed by atoms with E-state index in [1.165, 1.54) is 25.9 Å². The fraction of sp³-hybridized carbons (Fsp3) is 1.00. The first-order valence-corrected chi connectivity index (χ1v) is 7.78. The lowest BCUT2D eigenvalue weighted by atomic mass is 9.95. The molecule has 0 radical (unpaired) electrons. The minimum absolute atomic E-state index is 0.671. The molecular weight excluding hydrogens is 224 g/mol. The number of ether oxygens (including phenoxy) is 1. The molecule has 1 saturated heterocycles. The highest BCUT2D eigenvalue weighted by Crippen LogP contribution is 2.17. The summed E-state index contributed by atoms with van der Waals surface area (Å²) in [6, 6.07) is 1.39. The normalized spacial score (nSPS) is 27.3. The zero-order chi connectivity index (χ0) is 13.4.